The zero-order valence-electron chi connectivity index (χ0n) is 15.4. The highest BCUT2D eigenvalue weighted by Crippen LogP contribution is 2.37. The summed E-state index contributed by atoms with van der Waals surface area (Å²) in [6.45, 7) is 2.69. The van der Waals surface area contributed by atoms with Crippen LogP contribution in [0.15, 0.2) is 91.0 Å². The summed E-state index contributed by atoms with van der Waals surface area (Å²) in [5.41, 5.74) is 2.96. The molecule has 138 valence electrons. The number of hydrogen-bond donors (Lipinski definition) is 1. The topological polar surface area (TPSA) is 30.5 Å². The predicted octanol–water partition coefficient (Wildman–Crippen LogP) is 4.14. The van der Waals surface area contributed by atoms with Crippen LogP contribution in [-0.2, 0) is 21.6 Å². The third-order valence-electron chi connectivity index (χ3n) is 5.00. The highest BCUT2D eigenvalue weighted by Gasteiger charge is 2.41. The second-order valence-corrected chi connectivity index (χ2v) is 6.93. The standard InChI is InChI=1S/C24H25NO2/c1-4-10-20(11-5-1)16-25-17-23-18-26-19-24(27-23,21-12-6-2-7-13-21)22-14-8-3-9-15-22/h1-15,23,25H,16-19H2. The maximum Gasteiger partial charge on any atom is 0.142 e. The summed E-state index contributed by atoms with van der Waals surface area (Å²) in [5, 5.41) is 3.51. The lowest BCUT2D eigenvalue weighted by Gasteiger charge is -2.42. The van der Waals surface area contributed by atoms with Crippen LogP contribution in [0.4, 0.5) is 0 Å². The molecule has 4 rings (SSSR count). The van der Waals surface area contributed by atoms with Gasteiger partial charge in [0.05, 0.1) is 19.3 Å². The molecule has 0 aromatic heterocycles. The normalized spacial score (nSPS) is 18.9. The first-order valence-corrected chi connectivity index (χ1v) is 9.48. The molecule has 3 aromatic rings. The first-order chi connectivity index (χ1) is 13.4. The lowest BCUT2D eigenvalue weighted by Crippen LogP contribution is -2.49. The Balaban J connectivity index is 1.52. The Morgan fingerprint density at radius 3 is 1.93 bits per heavy atom. The van der Waals surface area contributed by atoms with E-state index in [1.54, 1.807) is 0 Å². The minimum Gasteiger partial charge on any atom is -0.375 e. The van der Waals surface area contributed by atoms with Gasteiger partial charge in [-0.25, -0.2) is 0 Å². The van der Waals surface area contributed by atoms with Crippen molar-refractivity contribution in [3.05, 3.63) is 108 Å². The Hall–Kier alpha value is -2.46. The van der Waals surface area contributed by atoms with Crippen LogP contribution in [-0.4, -0.2) is 25.9 Å². The minimum atomic E-state index is -0.570. The van der Waals surface area contributed by atoms with Gasteiger partial charge in [-0.05, 0) is 16.7 Å². The molecule has 0 bridgehead atoms. The van der Waals surface area contributed by atoms with Gasteiger partial charge < -0.3 is 14.8 Å². The van der Waals surface area contributed by atoms with E-state index in [2.05, 4.69) is 78.1 Å². The average molecular weight is 359 g/mol. The van der Waals surface area contributed by atoms with Crippen molar-refractivity contribution in [1.82, 2.24) is 5.32 Å². The van der Waals surface area contributed by atoms with Crippen LogP contribution in [0.5, 0.6) is 0 Å². The van der Waals surface area contributed by atoms with Crippen LogP contribution < -0.4 is 5.32 Å². The predicted molar refractivity (Wildman–Crippen MR) is 108 cm³/mol. The summed E-state index contributed by atoms with van der Waals surface area (Å²) < 4.78 is 12.7. The first-order valence-electron chi connectivity index (χ1n) is 9.48. The molecule has 0 amide bonds. The number of nitrogens with one attached hydrogen (secondary N) is 1. The SMILES string of the molecule is c1ccc(CNCC2COCC(c3ccccc3)(c3ccccc3)O2)cc1. The van der Waals surface area contributed by atoms with Gasteiger partial charge in [0.2, 0.25) is 0 Å². The Morgan fingerprint density at radius 2 is 1.33 bits per heavy atom. The summed E-state index contributed by atoms with van der Waals surface area (Å²) >= 11 is 0. The molecular formula is C24H25NO2. The summed E-state index contributed by atoms with van der Waals surface area (Å²) in [6.07, 6.45) is -0.0112. The van der Waals surface area contributed by atoms with Crippen molar-refractivity contribution < 1.29 is 9.47 Å². The first kappa shape index (κ1) is 17.9. The maximum atomic E-state index is 6.70. The van der Waals surface area contributed by atoms with E-state index in [0.29, 0.717) is 13.2 Å². The molecule has 1 atom stereocenters. The maximum absolute atomic E-state index is 6.70. The summed E-state index contributed by atoms with van der Waals surface area (Å²) in [5.74, 6) is 0. The van der Waals surface area contributed by atoms with Crippen LogP contribution in [0, 0.1) is 0 Å². The second-order valence-electron chi connectivity index (χ2n) is 6.93. The molecule has 27 heavy (non-hydrogen) atoms. The van der Waals surface area contributed by atoms with Gasteiger partial charge >= 0.3 is 0 Å². The Bertz CT molecular complexity index is 781. The van der Waals surface area contributed by atoms with Crippen molar-refractivity contribution in [2.45, 2.75) is 18.2 Å². The van der Waals surface area contributed by atoms with Crippen LogP contribution in [0.25, 0.3) is 0 Å². The third kappa shape index (κ3) is 4.11. The molecule has 1 N–H and O–H groups in total. The van der Waals surface area contributed by atoms with Crippen molar-refractivity contribution in [3.8, 4) is 0 Å². The molecule has 0 saturated carbocycles. The Morgan fingerprint density at radius 1 is 0.778 bits per heavy atom. The minimum absolute atomic E-state index is 0.0112. The lowest BCUT2D eigenvalue weighted by atomic mass is 9.86. The molecule has 1 aliphatic rings. The largest absolute Gasteiger partial charge is 0.375 e. The average Bonchev–Trinajstić information content (AvgIpc) is 2.76. The van der Waals surface area contributed by atoms with Crippen LogP contribution in [0.3, 0.4) is 0 Å². The lowest BCUT2D eigenvalue weighted by molar-refractivity contribution is -0.183. The van der Waals surface area contributed by atoms with Crippen LogP contribution in [0.2, 0.25) is 0 Å². The van der Waals surface area contributed by atoms with Gasteiger partial charge in [-0.3, -0.25) is 0 Å². The van der Waals surface area contributed by atoms with E-state index in [0.717, 1.165) is 24.2 Å². The molecular weight excluding hydrogens is 334 g/mol. The fourth-order valence-corrected chi connectivity index (χ4v) is 3.64. The molecule has 3 aromatic carbocycles. The van der Waals surface area contributed by atoms with Gasteiger partial charge in [0.1, 0.15) is 5.60 Å². The van der Waals surface area contributed by atoms with E-state index in [1.807, 2.05) is 18.2 Å². The van der Waals surface area contributed by atoms with Gasteiger partial charge in [-0.2, -0.15) is 0 Å². The van der Waals surface area contributed by atoms with E-state index in [1.165, 1.54) is 5.56 Å². The number of hydrogen-bond acceptors (Lipinski definition) is 3. The zero-order valence-corrected chi connectivity index (χ0v) is 15.4. The van der Waals surface area contributed by atoms with E-state index in [9.17, 15) is 0 Å². The summed E-state index contributed by atoms with van der Waals surface area (Å²) in [6, 6.07) is 31.2. The Kier molecular flexibility index (Phi) is 5.64. The van der Waals surface area contributed by atoms with Crippen molar-refractivity contribution in [2.24, 2.45) is 0 Å². The van der Waals surface area contributed by atoms with E-state index < -0.39 is 5.60 Å². The highest BCUT2D eigenvalue weighted by molar-refractivity contribution is 5.37. The van der Waals surface area contributed by atoms with Gasteiger partial charge in [0, 0.05) is 13.1 Å². The van der Waals surface area contributed by atoms with Crippen molar-refractivity contribution in [2.75, 3.05) is 19.8 Å². The number of benzene rings is 3. The molecule has 1 fully saturated rings. The van der Waals surface area contributed by atoms with Gasteiger partial charge in [-0.1, -0.05) is 91.0 Å². The van der Waals surface area contributed by atoms with Gasteiger partial charge in [-0.15, -0.1) is 0 Å². The zero-order chi connectivity index (χ0) is 18.4. The third-order valence-corrected chi connectivity index (χ3v) is 5.00. The van der Waals surface area contributed by atoms with Crippen molar-refractivity contribution in [1.29, 1.82) is 0 Å². The molecule has 1 aliphatic heterocycles. The van der Waals surface area contributed by atoms with Gasteiger partial charge in [0.15, 0.2) is 0 Å². The molecule has 0 radical (unpaired) electrons. The summed E-state index contributed by atoms with van der Waals surface area (Å²) in [7, 11) is 0. The van der Waals surface area contributed by atoms with Crippen LogP contribution in [0.1, 0.15) is 16.7 Å². The molecule has 1 saturated heterocycles. The fourth-order valence-electron chi connectivity index (χ4n) is 3.64. The number of ether oxygens (including phenoxy) is 2. The van der Waals surface area contributed by atoms with Gasteiger partial charge in [0.25, 0.3) is 0 Å². The molecule has 3 nitrogen and oxygen atoms in total. The summed E-state index contributed by atoms with van der Waals surface area (Å²) in [4.78, 5) is 0. The van der Waals surface area contributed by atoms with Crippen molar-refractivity contribution >= 4 is 0 Å². The Labute approximate surface area is 161 Å². The monoisotopic (exact) mass is 359 g/mol. The highest BCUT2D eigenvalue weighted by atomic mass is 16.6. The fraction of sp³-hybridized carbons (Fsp3) is 0.250. The van der Waals surface area contributed by atoms with E-state index >= 15 is 0 Å². The molecule has 1 heterocycles. The number of rotatable bonds is 6. The quantitative estimate of drug-likeness (QED) is 0.718. The van der Waals surface area contributed by atoms with Crippen molar-refractivity contribution in [3.63, 3.8) is 0 Å². The van der Waals surface area contributed by atoms with Crippen LogP contribution >= 0.6 is 0 Å². The van der Waals surface area contributed by atoms with E-state index in [4.69, 9.17) is 9.47 Å². The van der Waals surface area contributed by atoms with E-state index in [-0.39, 0.29) is 6.10 Å². The second kappa shape index (κ2) is 8.49. The molecule has 0 aliphatic carbocycles. The smallest absolute Gasteiger partial charge is 0.142 e. The molecule has 3 heteroatoms. The molecule has 0 spiro atoms. The molecule has 1 unspecified atom stereocenters.